The summed E-state index contributed by atoms with van der Waals surface area (Å²) in [6, 6.07) is 0.0911. The second-order valence-corrected chi connectivity index (χ2v) is 3.94. The molecule has 2 N–H and O–H groups in total. The number of hydrogen-bond acceptors (Lipinski definition) is 6. The van der Waals surface area contributed by atoms with E-state index in [2.05, 4.69) is 20.9 Å². The van der Waals surface area contributed by atoms with Crippen molar-refractivity contribution in [3.8, 4) is 0 Å². The van der Waals surface area contributed by atoms with Crippen LogP contribution in [0.1, 0.15) is 35.4 Å². The molecule has 7 heteroatoms. The van der Waals surface area contributed by atoms with E-state index < -0.39 is 0 Å². The Labute approximate surface area is 93.2 Å². The summed E-state index contributed by atoms with van der Waals surface area (Å²) in [5.41, 5.74) is 2.55. The van der Waals surface area contributed by atoms with E-state index in [0.717, 1.165) is 19.4 Å². The maximum atomic E-state index is 11.5. The van der Waals surface area contributed by atoms with Crippen molar-refractivity contribution in [3.05, 3.63) is 11.7 Å². The molecule has 0 radical (unpaired) electrons. The molecule has 1 aliphatic rings. The largest absolute Gasteiger partial charge is 0.337 e. The average molecular weight is 225 g/mol. The number of nitrogens with zero attached hydrogens (tertiary/aromatic N) is 3. The monoisotopic (exact) mass is 225 g/mol. The maximum absolute atomic E-state index is 11.5. The van der Waals surface area contributed by atoms with Crippen molar-refractivity contribution in [3.63, 3.8) is 0 Å². The molecule has 1 aromatic rings. The van der Waals surface area contributed by atoms with Crippen molar-refractivity contribution in [1.82, 2.24) is 25.9 Å². The van der Waals surface area contributed by atoms with Gasteiger partial charge < -0.3 is 9.84 Å². The van der Waals surface area contributed by atoms with Crippen molar-refractivity contribution < 1.29 is 9.32 Å². The normalized spacial score (nSPS) is 20.3. The predicted octanol–water partition coefficient (Wildman–Crippen LogP) is -0.300. The fourth-order valence-corrected chi connectivity index (χ4v) is 1.62. The molecule has 1 fully saturated rings. The molecule has 0 spiro atoms. The van der Waals surface area contributed by atoms with Crippen LogP contribution < -0.4 is 10.7 Å². The van der Waals surface area contributed by atoms with Crippen LogP contribution >= 0.6 is 0 Å². The topological polar surface area (TPSA) is 83.3 Å². The SMILES string of the molecule is CN(C)NC(=O)c1noc(C2CCCN2)n1. The van der Waals surface area contributed by atoms with E-state index in [0.29, 0.717) is 5.89 Å². The van der Waals surface area contributed by atoms with Gasteiger partial charge in [0.25, 0.3) is 5.82 Å². The zero-order chi connectivity index (χ0) is 11.5. The molecule has 0 saturated carbocycles. The molecule has 1 aliphatic heterocycles. The van der Waals surface area contributed by atoms with Crippen molar-refractivity contribution in [1.29, 1.82) is 0 Å². The summed E-state index contributed by atoms with van der Waals surface area (Å²) in [7, 11) is 3.44. The van der Waals surface area contributed by atoms with Crippen LogP contribution in [0.3, 0.4) is 0 Å². The molecule has 0 aliphatic carbocycles. The Morgan fingerprint density at radius 2 is 2.44 bits per heavy atom. The van der Waals surface area contributed by atoms with Gasteiger partial charge in [0.15, 0.2) is 0 Å². The molecule has 88 valence electrons. The predicted molar refractivity (Wildman–Crippen MR) is 55.4 cm³/mol. The van der Waals surface area contributed by atoms with E-state index in [1.54, 1.807) is 14.1 Å². The van der Waals surface area contributed by atoms with E-state index in [4.69, 9.17) is 4.52 Å². The zero-order valence-corrected chi connectivity index (χ0v) is 9.36. The maximum Gasteiger partial charge on any atom is 0.306 e. The highest BCUT2D eigenvalue weighted by Gasteiger charge is 2.24. The lowest BCUT2D eigenvalue weighted by Gasteiger charge is -2.08. The lowest BCUT2D eigenvalue weighted by molar-refractivity contribution is 0.0842. The third kappa shape index (κ3) is 2.37. The molecule has 0 aromatic carbocycles. The molecule has 1 atom stereocenters. The molecule has 16 heavy (non-hydrogen) atoms. The Morgan fingerprint density at radius 3 is 3.06 bits per heavy atom. The van der Waals surface area contributed by atoms with Gasteiger partial charge in [0.1, 0.15) is 0 Å². The fraction of sp³-hybridized carbons (Fsp3) is 0.667. The first-order valence-corrected chi connectivity index (χ1v) is 5.22. The van der Waals surface area contributed by atoms with Gasteiger partial charge in [-0.05, 0) is 19.4 Å². The number of hydrogen-bond donors (Lipinski definition) is 2. The molecule has 1 saturated heterocycles. The standard InChI is InChI=1S/C9H15N5O2/c1-14(2)12-8(15)7-11-9(16-13-7)6-4-3-5-10-6/h6,10H,3-5H2,1-2H3,(H,12,15). The molecule has 1 amide bonds. The highest BCUT2D eigenvalue weighted by atomic mass is 16.5. The fourth-order valence-electron chi connectivity index (χ4n) is 1.62. The molecule has 2 heterocycles. The van der Waals surface area contributed by atoms with Gasteiger partial charge in [0.2, 0.25) is 5.89 Å². The van der Waals surface area contributed by atoms with Crippen LogP contribution in [-0.4, -0.2) is 41.7 Å². The van der Waals surface area contributed by atoms with E-state index in [-0.39, 0.29) is 17.8 Å². The first kappa shape index (κ1) is 11.0. The number of carbonyl (C=O) groups is 1. The summed E-state index contributed by atoms with van der Waals surface area (Å²) < 4.78 is 5.05. The molecular weight excluding hydrogens is 210 g/mol. The van der Waals surface area contributed by atoms with Crippen LogP contribution in [0.15, 0.2) is 4.52 Å². The summed E-state index contributed by atoms with van der Waals surface area (Å²) in [6.45, 7) is 0.951. The van der Waals surface area contributed by atoms with Crippen LogP contribution in [0.5, 0.6) is 0 Å². The van der Waals surface area contributed by atoms with E-state index >= 15 is 0 Å². The Bertz CT molecular complexity index is 370. The molecule has 1 unspecified atom stereocenters. The first-order valence-electron chi connectivity index (χ1n) is 5.22. The number of aromatic nitrogens is 2. The second kappa shape index (κ2) is 4.58. The highest BCUT2D eigenvalue weighted by Crippen LogP contribution is 2.20. The lowest BCUT2D eigenvalue weighted by Crippen LogP contribution is -2.36. The first-order chi connectivity index (χ1) is 7.66. The van der Waals surface area contributed by atoms with E-state index in [1.165, 1.54) is 5.01 Å². The number of carbonyl (C=O) groups excluding carboxylic acids is 1. The van der Waals surface area contributed by atoms with Crippen LogP contribution in [0, 0.1) is 0 Å². The Kier molecular flexibility index (Phi) is 3.16. The summed E-state index contributed by atoms with van der Waals surface area (Å²) in [5, 5.41) is 8.41. The zero-order valence-electron chi connectivity index (χ0n) is 9.36. The number of amides is 1. The minimum atomic E-state index is -0.363. The number of hydrazine groups is 1. The summed E-state index contributed by atoms with van der Waals surface area (Å²) in [6.07, 6.45) is 2.06. The van der Waals surface area contributed by atoms with Crippen LogP contribution in [0.25, 0.3) is 0 Å². The van der Waals surface area contributed by atoms with Gasteiger partial charge >= 0.3 is 5.91 Å². The molecule has 7 nitrogen and oxygen atoms in total. The van der Waals surface area contributed by atoms with Crippen molar-refractivity contribution >= 4 is 5.91 Å². The minimum absolute atomic E-state index is 0.0670. The molecular formula is C9H15N5O2. The van der Waals surface area contributed by atoms with Gasteiger partial charge in [-0.25, -0.2) is 5.01 Å². The van der Waals surface area contributed by atoms with Gasteiger partial charge in [-0.15, -0.1) is 0 Å². The number of rotatable bonds is 3. The second-order valence-electron chi connectivity index (χ2n) is 3.94. The van der Waals surface area contributed by atoms with Gasteiger partial charge in [0, 0.05) is 14.1 Å². The smallest absolute Gasteiger partial charge is 0.306 e. The quantitative estimate of drug-likeness (QED) is 0.687. The summed E-state index contributed by atoms with van der Waals surface area (Å²) >= 11 is 0. The van der Waals surface area contributed by atoms with E-state index in [1.807, 2.05) is 0 Å². The van der Waals surface area contributed by atoms with Crippen LogP contribution in [0.2, 0.25) is 0 Å². The number of nitrogens with one attached hydrogen (secondary N) is 2. The third-order valence-corrected chi connectivity index (χ3v) is 2.33. The van der Waals surface area contributed by atoms with Crippen molar-refractivity contribution in [2.45, 2.75) is 18.9 Å². The van der Waals surface area contributed by atoms with Crippen LogP contribution in [0.4, 0.5) is 0 Å². The van der Waals surface area contributed by atoms with Gasteiger partial charge in [-0.1, -0.05) is 5.16 Å². The van der Waals surface area contributed by atoms with Gasteiger partial charge in [-0.2, -0.15) is 4.98 Å². The minimum Gasteiger partial charge on any atom is -0.337 e. The Balaban J connectivity index is 2.03. The Hall–Kier alpha value is -1.47. The Morgan fingerprint density at radius 1 is 1.62 bits per heavy atom. The summed E-state index contributed by atoms with van der Waals surface area (Å²) in [5.74, 6) is 0.191. The summed E-state index contributed by atoms with van der Waals surface area (Å²) in [4.78, 5) is 15.6. The average Bonchev–Trinajstić information content (AvgIpc) is 2.87. The molecule has 0 bridgehead atoms. The van der Waals surface area contributed by atoms with Crippen molar-refractivity contribution in [2.75, 3.05) is 20.6 Å². The van der Waals surface area contributed by atoms with Gasteiger partial charge in [0.05, 0.1) is 6.04 Å². The molecule has 1 aromatic heterocycles. The third-order valence-electron chi connectivity index (χ3n) is 2.33. The molecule has 2 rings (SSSR count). The highest BCUT2D eigenvalue weighted by molar-refractivity contribution is 5.89. The van der Waals surface area contributed by atoms with E-state index in [9.17, 15) is 4.79 Å². The van der Waals surface area contributed by atoms with Gasteiger partial charge in [-0.3, -0.25) is 10.2 Å². The lowest BCUT2D eigenvalue weighted by atomic mass is 10.2. The van der Waals surface area contributed by atoms with Crippen molar-refractivity contribution in [2.24, 2.45) is 0 Å². The van der Waals surface area contributed by atoms with Crippen LogP contribution in [-0.2, 0) is 0 Å².